The molecule has 1 aliphatic rings. The Labute approximate surface area is 231 Å². The van der Waals surface area contributed by atoms with Crippen LogP contribution < -0.4 is 15.5 Å². The van der Waals surface area contributed by atoms with Gasteiger partial charge in [0.25, 0.3) is 11.8 Å². The third-order valence-corrected chi connectivity index (χ3v) is 7.13. The highest BCUT2D eigenvalue weighted by atomic mass is 19.4. The fourth-order valence-electron chi connectivity index (χ4n) is 4.89. The van der Waals surface area contributed by atoms with Crippen molar-refractivity contribution >= 4 is 17.8 Å². The van der Waals surface area contributed by atoms with Crippen molar-refractivity contribution in [2.24, 2.45) is 11.3 Å². The number of aliphatic carboxylic acids is 1. The van der Waals surface area contributed by atoms with Crippen LogP contribution in [0.25, 0.3) is 0 Å². The van der Waals surface area contributed by atoms with Gasteiger partial charge in [-0.1, -0.05) is 39.0 Å². The van der Waals surface area contributed by atoms with Crippen LogP contribution in [-0.2, 0) is 11.3 Å². The highest BCUT2D eigenvalue weighted by molar-refractivity contribution is 5.94. The van der Waals surface area contributed by atoms with Crippen molar-refractivity contribution in [3.05, 3.63) is 65.2 Å². The van der Waals surface area contributed by atoms with Crippen LogP contribution >= 0.6 is 0 Å². The number of hydrogen-bond donors (Lipinski definition) is 3. The number of carboxylic acids is 1. The van der Waals surface area contributed by atoms with E-state index < -0.39 is 24.0 Å². The Morgan fingerprint density at radius 1 is 0.950 bits per heavy atom. The largest absolute Gasteiger partial charge is 0.573 e. The molecule has 0 aliphatic heterocycles. The number of benzene rings is 2. The zero-order valence-electron chi connectivity index (χ0n) is 22.9. The molecule has 8 nitrogen and oxygen atoms in total. The topological polar surface area (TPSA) is 108 Å². The summed E-state index contributed by atoms with van der Waals surface area (Å²) >= 11 is 0. The summed E-state index contributed by atoms with van der Waals surface area (Å²) in [5, 5.41) is 13.1. The Kier molecular flexibility index (Phi) is 10.2. The summed E-state index contributed by atoms with van der Waals surface area (Å²) < 4.78 is 42.0. The predicted octanol–water partition coefficient (Wildman–Crippen LogP) is 5.54. The van der Waals surface area contributed by atoms with Crippen LogP contribution in [0, 0.1) is 11.3 Å². The van der Waals surface area contributed by atoms with Gasteiger partial charge in [-0.2, -0.15) is 0 Å². The number of halogens is 3. The van der Waals surface area contributed by atoms with Gasteiger partial charge in [0.2, 0.25) is 0 Å². The molecule has 0 saturated heterocycles. The van der Waals surface area contributed by atoms with Gasteiger partial charge in [0, 0.05) is 30.3 Å². The molecule has 40 heavy (non-hydrogen) atoms. The standard InChI is InChI=1S/C29H36F3N3O5/c1-28(2,3)22-11-13-23(14-12-22)35(34-27(39)21-5-4-6-24(17-21)40-29(30,31)32)18-19-7-9-20(10-8-19)26(38)33-16-15-25(36)37/h4-10,17,22-23H,11-16,18H2,1-3H3,(H,33,38)(H,34,39)(H,36,37). The average molecular weight is 564 g/mol. The fraction of sp³-hybridized carbons (Fsp3) is 0.483. The van der Waals surface area contributed by atoms with E-state index in [2.05, 4.69) is 36.3 Å². The number of hydrazine groups is 1. The SMILES string of the molecule is CC(C)(C)C1CCC(N(Cc2ccc(C(=O)NCCC(=O)O)cc2)NC(=O)c2cccc(OC(F)(F)F)c2)CC1. The molecule has 0 bridgehead atoms. The van der Waals surface area contributed by atoms with E-state index in [1.54, 1.807) is 24.3 Å². The third-order valence-electron chi connectivity index (χ3n) is 7.13. The number of hydrogen-bond acceptors (Lipinski definition) is 5. The maximum absolute atomic E-state index is 13.1. The molecule has 3 N–H and O–H groups in total. The molecular formula is C29H36F3N3O5. The minimum atomic E-state index is -4.87. The second-order valence-corrected chi connectivity index (χ2v) is 11.1. The number of carbonyl (C=O) groups excluding carboxylic acids is 2. The van der Waals surface area contributed by atoms with Gasteiger partial charge in [0.05, 0.1) is 6.42 Å². The summed E-state index contributed by atoms with van der Waals surface area (Å²) in [5.74, 6) is -1.89. The zero-order valence-corrected chi connectivity index (χ0v) is 22.9. The number of nitrogens with one attached hydrogen (secondary N) is 2. The van der Waals surface area contributed by atoms with Gasteiger partial charge < -0.3 is 15.2 Å². The number of carbonyl (C=O) groups is 3. The van der Waals surface area contributed by atoms with Gasteiger partial charge in [-0.15, -0.1) is 13.2 Å². The summed E-state index contributed by atoms with van der Waals surface area (Å²) in [7, 11) is 0. The van der Waals surface area contributed by atoms with E-state index in [9.17, 15) is 27.6 Å². The van der Waals surface area contributed by atoms with Crippen LogP contribution in [0.15, 0.2) is 48.5 Å². The average Bonchev–Trinajstić information content (AvgIpc) is 2.87. The molecule has 0 spiro atoms. The van der Waals surface area contributed by atoms with Crippen LogP contribution in [0.5, 0.6) is 5.75 Å². The quantitative estimate of drug-likeness (QED) is 0.328. The third kappa shape index (κ3) is 9.55. The first-order valence-corrected chi connectivity index (χ1v) is 13.2. The molecule has 11 heteroatoms. The number of carboxylic acid groups (broad SMARTS) is 1. The van der Waals surface area contributed by atoms with Gasteiger partial charge in [-0.25, -0.2) is 5.01 Å². The molecule has 2 aromatic rings. The van der Waals surface area contributed by atoms with Crippen molar-refractivity contribution in [3.8, 4) is 5.75 Å². The number of nitrogens with zero attached hydrogens (tertiary/aromatic N) is 1. The number of ether oxygens (including phenoxy) is 1. The molecule has 1 aliphatic carbocycles. The molecule has 218 valence electrons. The van der Waals surface area contributed by atoms with E-state index in [1.165, 1.54) is 12.1 Å². The van der Waals surface area contributed by atoms with Crippen molar-refractivity contribution in [1.82, 2.24) is 15.8 Å². The maximum Gasteiger partial charge on any atom is 0.573 e. The Morgan fingerprint density at radius 3 is 2.17 bits per heavy atom. The molecule has 2 aromatic carbocycles. The van der Waals surface area contributed by atoms with Gasteiger partial charge in [-0.3, -0.25) is 19.8 Å². The molecule has 0 radical (unpaired) electrons. The molecule has 0 aromatic heterocycles. The second-order valence-electron chi connectivity index (χ2n) is 11.1. The van der Waals surface area contributed by atoms with Crippen LogP contribution in [0.4, 0.5) is 13.2 Å². The molecule has 0 unspecified atom stereocenters. The summed E-state index contributed by atoms with van der Waals surface area (Å²) in [6.45, 7) is 6.98. The highest BCUT2D eigenvalue weighted by Crippen LogP contribution is 2.39. The lowest BCUT2D eigenvalue weighted by atomic mass is 9.71. The molecule has 3 rings (SSSR count). The van der Waals surface area contributed by atoms with Crippen LogP contribution in [0.2, 0.25) is 0 Å². The van der Waals surface area contributed by atoms with E-state index in [0.29, 0.717) is 18.0 Å². The maximum atomic E-state index is 13.1. The molecule has 0 atom stereocenters. The second kappa shape index (κ2) is 13.2. The first-order valence-electron chi connectivity index (χ1n) is 13.2. The van der Waals surface area contributed by atoms with Crippen molar-refractivity contribution in [2.45, 2.75) is 71.8 Å². The van der Waals surface area contributed by atoms with Crippen molar-refractivity contribution in [2.75, 3.05) is 6.54 Å². The van der Waals surface area contributed by atoms with Gasteiger partial charge in [0.1, 0.15) is 5.75 Å². The van der Waals surface area contributed by atoms with Crippen LogP contribution in [-0.4, -0.2) is 46.8 Å². The Balaban J connectivity index is 1.74. The monoisotopic (exact) mass is 563 g/mol. The lowest BCUT2D eigenvalue weighted by Gasteiger charge is -2.41. The minimum absolute atomic E-state index is 0.0103. The summed E-state index contributed by atoms with van der Waals surface area (Å²) in [6, 6.07) is 11.7. The summed E-state index contributed by atoms with van der Waals surface area (Å²) in [5.41, 5.74) is 4.28. The van der Waals surface area contributed by atoms with E-state index in [-0.39, 0.29) is 35.9 Å². The minimum Gasteiger partial charge on any atom is -0.481 e. The summed E-state index contributed by atoms with van der Waals surface area (Å²) in [4.78, 5) is 36.1. The Bertz CT molecular complexity index is 1170. The van der Waals surface area contributed by atoms with Gasteiger partial charge >= 0.3 is 12.3 Å². The normalized spacial score (nSPS) is 17.8. The van der Waals surface area contributed by atoms with Crippen molar-refractivity contribution in [3.63, 3.8) is 0 Å². The Morgan fingerprint density at radius 2 is 1.60 bits per heavy atom. The molecule has 1 saturated carbocycles. The zero-order chi connectivity index (χ0) is 29.5. The van der Waals surface area contributed by atoms with E-state index in [0.717, 1.165) is 43.4 Å². The van der Waals surface area contributed by atoms with Gasteiger partial charge in [-0.05, 0) is 72.9 Å². The molecule has 1 fully saturated rings. The molecular weight excluding hydrogens is 527 g/mol. The van der Waals surface area contributed by atoms with E-state index in [4.69, 9.17) is 5.11 Å². The smallest absolute Gasteiger partial charge is 0.481 e. The summed E-state index contributed by atoms with van der Waals surface area (Å²) in [6.07, 6.45) is -1.42. The lowest BCUT2D eigenvalue weighted by molar-refractivity contribution is -0.274. The van der Waals surface area contributed by atoms with E-state index in [1.807, 2.05) is 5.01 Å². The van der Waals surface area contributed by atoms with E-state index >= 15 is 0 Å². The van der Waals surface area contributed by atoms with Crippen LogP contribution in [0.1, 0.15) is 79.2 Å². The van der Waals surface area contributed by atoms with Crippen molar-refractivity contribution in [1.29, 1.82) is 0 Å². The highest BCUT2D eigenvalue weighted by Gasteiger charge is 2.33. The molecule has 0 heterocycles. The number of alkyl halides is 3. The number of rotatable bonds is 10. The lowest BCUT2D eigenvalue weighted by Crippen LogP contribution is -2.49. The Hall–Kier alpha value is -3.60. The molecule has 2 amide bonds. The van der Waals surface area contributed by atoms with Crippen LogP contribution in [0.3, 0.4) is 0 Å². The predicted molar refractivity (Wildman–Crippen MR) is 142 cm³/mol. The number of amides is 2. The first kappa shape index (κ1) is 30.9. The van der Waals surface area contributed by atoms with Crippen molar-refractivity contribution < 1.29 is 37.4 Å². The fourth-order valence-corrected chi connectivity index (χ4v) is 4.89. The first-order chi connectivity index (χ1) is 18.7. The van der Waals surface area contributed by atoms with Gasteiger partial charge in [0.15, 0.2) is 0 Å².